The Morgan fingerprint density at radius 2 is 2.08 bits per heavy atom. The number of aliphatic hydroxyl groups excluding tert-OH is 1. The molecule has 140 valence electrons. The van der Waals surface area contributed by atoms with Gasteiger partial charge in [-0.25, -0.2) is 0 Å². The van der Waals surface area contributed by atoms with E-state index in [9.17, 15) is 9.90 Å². The average Bonchev–Trinajstić information content (AvgIpc) is 2.58. The Bertz CT molecular complexity index is 550. The Morgan fingerprint density at radius 1 is 1.32 bits per heavy atom. The normalized spacial score (nSPS) is 18.6. The molecule has 0 aliphatic carbocycles. The fraction of sp³-hybridized carbons (Fsp3) is 0.632. The van der Waals surface area contributed by atoms with Gasteiger partial charge in [-0.1, -0.05) is 18.2 Å². The summed E-state index contributed by atoms with van der Waals surface area (Å²) in [4.78, 5) is 18.5. The summed E-state index contributed by atoms with van der Waals surface area (Å²) in [5.41, 5.74) is 1.15. The maximum atomic E-state index is 12.3. The van der Waals surface area contributed by atoms with Crippen LogP contribution in [0, 0.1) is 0 Å². The fourth-order valence-electron chi connectivity index (χ4n) is 3.27. The van der Waals surface area contributed by atoms with E-state index < -0.39 is 0 Å². The SMILES string of the molecule is CCOc1ccccc1CN1CCN(C(=O)CN(C)C)C[C@H]1CCO. The molecule has 0 aromatic heterocycles. The molecule has 1 atom stereocenters. The number of ether oxygens (including phenoxy) is 1. The Kier molecular flexibility index (Phi) is 7.68. The number of para-hydroxylation sites is 1. The van der Waals surface area contributed by atoms with Crippen molar-refractivity contribution in [1.29, 1.82) is 0 Å². The van der Waals surface area contributed by atoms with Gasteiger partial charge in [0.25, 0.3) is 0 Å². The highest BCUT2D eigenvalue weighted by Crippen LogP contribution is 2.23. The highest BCUT2D eigenvalue weighted by atomic mass is 16.5. The van der Waals surface area contributed by atoms with E-state index in [-0.39, 0.29) is 18.6 Å². The van der Waals surface area contributed by atoms with Crippen LogP contribution in [0.25, 0.3) is 0 Å². The van der Waals surface area contributed by atoms with Crippen molar-refractivity contribution < 1.29 is 14.6 Å². The van der Waals surface area contributed by atoms with E-state index >= 15 is 0 Å². The third kappa shape index (κ3) is 5.70. The standard InChI is InChI=1S/C19H31N3O3/c1-4-25-18-8-6-5-7-16(18)13-21-10-11-22(14-17(21)9-12-23)19(24)15-20(2)3/h5-8,17,23H,4,9-15H2,1-3H3/t17-/m1/s1. The van der Waals surface area contributed by atoms with Gasteiger partial charge in [0.15, 0.2) is 0 Å². The molecule has 6 nitrogen and oxygen atoms in total. The van der Waals surface area contributed by atoms with Crippen molar-refractivity contribution in [3.63, 3.8) is 0 Å². The molecule has 1 aromatic rings. The summed E-state index contributed by atoms with van der Waals surface area (Å²) in [6.45, 7) is 6.17. The van der Waals surface area contributed by atoms with Crippen LogP contribution in [0.4, 0.5) is 0 Å². The quantitative estimate of drug-likeness (QED) is 0.760. The van der Waals surface area contributed by atoms with Crippen LogP contribution in [0.3, 0.4) is 0 Å². The zero-order chi connectivity index (χ0) is 18.2. The van der Waals surface area contributed by atoms with Crippen LogP contribution in [0.15, 0.2) is 24.3 Å². The maximum absolute atomic E-state index is 12.3. The highest BCUT2D eigenvalue weighted by molar-refractivity contribution is 5.78. The van der Waals surface area contributed by atoms with Crippen LogP contribution >= 0.6 is 0 Å². The Hall–Kier alpha value is -1.63. The van der Waals surface area contributed by atoms with Gasteiger partial charge in [-0.05, 0) is 33.5 Å². The van der Waals surface area contributed by atoms with E-state index in [2.05, 4.69) is 11.0 Å². The molecule has 1 N–H and O–H groups in total. The van der Waals surface area contributed by atoms with Crippen molar-refractivity contribution in [1.82, 2.24) is 14.7 Å². The molecule has 1 aliphatic rings. The molecule has 1 aliphatic heterocycles. The van der Waals surface area contributed by atoms with Crippen LogP contribution < -0.4 is 4.74 Å². The predicted molar refractivity (Wildman–Crippen MR) is 98.6 cm³/mol. The maximum Gasteiger partial charge on any atom is 0.236 e. The number of nitrogens with zero attached hydrogens (tertiary/aromatic N) is 3. The third-order valence-electron chi connectivity index (χ3n) is 4.52. The first-order chi connectivity index (χ1) is 12.0. The molecular formula is C19H31N3O3. The first kappa shape index (κ1) is 19.7. The smallest absolute Gasteiger partial charge is 0.236 e. The molecular weight excluding hydrogens is 318 g/mol. The number of hydrogen-bond acceptors (Lipinski definition) is 5. The summed E-state index contributed by atoms with van der Waals surface area (Å²) >= 11 is 0. The van der Waals surface area contributed by atoms with Gasteiger partial charge in [-0.3, -0.25) is 9.69 Å². The van der Waals surface area contributed by atoms with Crippen molar-refractivity contribution in [2.75, 3.05) is 53.5 Å². The first-order valence-electron chi connectivity index (χ1n) is 9.03. The molecule has 0 spiro atoms. The van der Waals surface area contributed by atoms with E-state index in [1.807, 2.05) is 49.0 Å². The average molecular weight is 349 g/mol. The van der Waals surface area contributed by atoms with Gasteiger partial charge in [0.1, 0.15) is 5.75 Å². The van der Waals surface area contributed by atoms with Crippen molar-refractivity contribution in [2.45, 2.75) is 25.9 Å². The number of piperazine rings is 1. The number of hydrogen-bond donors (Lipinski definition) is 1. The molecule has 1 aromatic carbocycles. The van der Waals surface area contributed by atoms with Crippen LogP contribution in [-0.4, -0.2) is 85.2 Å². The van der Waals surface area contributed by atoms with Gasteiger partial charge in [-0.15, -0.1) is 0 Å². The van der Waals surface area contributed by atoms with Crippen LogP contribution in [-0.2, 0) is 11.3 Å². The number of amides is 1. The summed E-state index contributed by atoms with van der Waals surface area (Å²) in [5, 5.41) is 9.45. The molecule has 1 fully saturated rings. The molecule has 1 saturated heterocycles. The van der Waals surface area contributed by atoms with Crippen molar-refractivity contribution in [3.05, 3.63) is 29.8 Å². The molecule has 6 heteroatoms. The molecule has 0 radical (unpaired) electrons. The van der Waals surface area contributed by atoms with E-state index in [0.717, 1.165) is 30.9 Å². The summed E-state index contributed by atoms with van der Waals surface area (Å²) in [6, 6.07) is 8.26. The molecule has 1 amide bonds. The van der Waals surface area contributed by atoms with Crippen LogP contribution in [0.1, 0.15) is 18.9 Å². The number of likely N-dealkylation sites (N-methyl/N-ethyl adjacent to an activating group) is 1. The van der Waals surface area contributed by atoms with Gasteiger partial charge in [0.05, 0.1) is 13.2 Å². The summed E-state index contributed by atoms with van der Waals surface area (Å²) in [6.07, 6.45) is 0.669. The van der Waals surface area contributed by atoms with Gasteiger partial charge in [0.2, 0.25) is 5.91 Å². The summed E-state index contributed by atoms with van der Waals surface area (Å²) < 4.78 is 5.73. The van der Waals surface area contributed by atoms with Crippen molar-refractivity contribution in [3.8, 4) is 5.75 Å². The van der Waals surface area contributed by atoms with Crippen LogP contribution in [0.2, 0.25) is 0 Å². The van der Waals surface area contributed by atoms with Gasteiger partial charge in [0, 0.05) is 44.4 Å². The number of carbonyl (C=O) groups excluding carboxylic acids is 1. The number of carbonyl (C=O) groups is 1. The summed E-state index contributed by atoms with van der Waals surface area (Å²) in [7, 11) is 3.81. The highest BCUT2D eigenvalue weighted by Gasteiger charge is 2.29. The molecule has 0 bridgehead atoms. The van der Waals surface area contributed by atoms with E-state index in [0.29, 0.717) is 26.1 Å². The molecule has 1 heterocycles. The number of aliphatic hydroxyl groups is 1. The lowest BCUT2D eigenvalue weighted by Crippen LogP contribution is -2.55. The largest absolute Gasteiger partial charge is 0.494 e. The Labute approximate surface area is 151 Å². The van der Waals surface area contributed by atoms with E-state index in [4.69, 9.17) is 4.74 Å². The minimum atomic E-state index is 0.129. The lowest BCUT2D eigenvalue weighted by molar-refractivity contribution is -0.135. The number of rotatable bonds is 8. The third-order valence-corrected chi connectivity index (χ3v) is 4.52. The monoisotopic (exact) mass is 349 g/mol. The van der Waals surface area contributed by atoms with Crippen LogP contribution in [0.5, 0.6) is 5.75 Å². The first-order valence-corrected chi connectivity index (χ1v) is 9.03. The molecule has 0 unspecified atom stereocenters. The Balaban J connectivity index is 2.05. The Morgan fingerprint density at radius 3 is 2.76 bits per heavy atom. The van der Waals surface area contributed by atoms with E-state index in [1.165, 1.54) is 0 Å². The minimum absolute atomic E-state index is 0.129. The second kappa shape index (κ2) is 9.75. The van der Waals surface area contributed by atoms with E-state index in [1.54, 1.807) is 0 Å². The van der Waals surface area contributed by atoms with Gasteiger partial charge in [-0.2, -0.15) is 0 Å². The minimum Gasteiger partial charge on any atom is -0.494 e. The predicted octanol–water partition coefficient (Wildman–Crippen LogP) is 1.04. The van der Waals surface area contributed by atoms with Gasteiger partial charge >= 0.3 is 0 Å². The second-order valence-electron chi connectivity index (χ2n) is 6.75. The topological polar surface area (TPSA) is 56.2 Å². The zero-order valence-corrected chi connectivity index (χ0v) is 15.6. The number of benzene rings is 1. The summed E-state index contributed by atoms with van der Waals surface area (Å²) in [5.74, 6) is 1.07. The van der Waals surface area contributed by atoms with Crippen molar-refractivity contribution in [2.24, 2.45) is 0 Å². The lowest BCUT2D eigenvalue weighted by Gasteiger charge is -2.42. The molecule has 25 heavy (non-hydrogen) atoms. The van der Waals surface area contributed by atoms with Gasteiger partial charge < -0.3 is 19.6 Å². The fourth-order valence-corrected chi connectivity index (χ4v) is 3.27. The van der Waals surface area contributed by atoms with Crippen molar-refractivity contribution >= 4 is 5.91 Å². The second-order valence-corrected chi connectivity index (χ2v) is 6.75. The molecule has 2 rings (SSSR count). The molecule has 0 saturated carbocycles. The zero-order valence-electron chi connectivity index (χ0n) is 15.6. The lowest BCUT2D eigenvalue weighted by atomic mass is 10.1.